The summed E-state index contributed by atoms with van der Waals surface area (Å²) in [7, 11) is 1.59. The third-order valence-corrected chi connectivity index (χ3v) is 2.36. The number of hydrogen-bond acceptors (Lipinski definition) is 2. The number of alkyl halides is 2. The van der Waals surface area contributed by atoms with E-state index in [9.17, 15) is 4.39 Å². The molecule has 0 unspecified atom stereocenters. The van der Waals surface area contributed by atoms with Gasteiger partial charge < -0.3 is 9.47 Å². The van der Waals surface area contributed by atoms with Gasteiger partial charge in [0.25, 0.3) is 0 Å². The predicted molar refractivity (Wildman–Crippen MR) is 57.1 cm³/mol. The summed E-state index contributed by atoms with van der Waals surface area (Å²) in [6.07, 6.45) is 0. The molecule has 0 spiro atoms. The molecule has 0 heterocycles. The van der Waals surface area contributed by atoms with Crippen molar-refractivity contribution in [3.05, 3.63) is 23.8 Å². The Balaban J connectivity index is 2.84. The van der Waals surface area contributed by atoms with Gasteiger partial charge in [-0.1, -0.05) is 22.0 Å². The molecule has 0 aliphatic rings. The lowest BCUT2D eigenvalue weighted by molar-refractivity contribution is 0.270. The summed E-state index contributed by atoms with van der Waals surface area (Å²) in [4.78, 5) is 0. The van der Waals surface area contributed by atoms with Gasteiger partial charge in [-0.25, -0.2) is 4.39 Å². The Morgan fingerprint density at radius 3 is 2.79 bits per heavy atom. The van der Waals surface area contributed by atoms with E-state index < -0.39 is 6.67 Å². The highest BCUT2D eigenvalue weighted by Gasteiger charge is 2.04. The monoisotopic (exact) mass is 262 g/mol. The molecule has 0 aromatic heterocycles. The van der Waals surface area contributed by atoms with Gasteiger partial charge in [-0.15, -0.1) is 0 Å². The van der Waals surface area contributed by atoms with Gasteiger partial charge >= 0.3 is 0 Å². The maximum absolute atomic E-state index is 11.9. The van der Waals surface area contributed by atoms with Crippen molar-refractivity contribution < 1.29 is 13.9 Å². The van der Waals surface area contributed by atoms with Crippen LogP contribution in [0.3, 0.4) is 0 Å². The van der Waals surface area contributed by atoms with E-state index in [-0.39, 0.29) is 6.61 Å². The highest BCUT2D eigenvalue weighted by Crippen LogP contribution is 2.26. The molecule has 78 valence electrons. The third kappa shape index (κ3) is 2.87. The first-order chi connectivity index (χ1) is 6.81. The quantitative estimate of drug-likeness (QED) is 0.760. The van der Waals surface area contributed by atoms with Crippen molar-refractivity contribution in [2.75, 3.05) is 20.4 Å². The van der Waals surface area contributed by atoms with Crippen molar-refractivity contribution in [3.63, 3.8) is 0 Å². The standard InChI is InChI=1S/C10H12BrFO2/c1-13-9-3-2-8(7-11)10(6-9)14-5-4-12/h2-3,6H,4-5,7H2,1H3. The van der Waals surface area contributed by atoms with Crippen molar-refractivity contribution in [2.24, 2.45) is 0 Å². The molecule has 0 amide bonds. The molecule has 1 aromatic rings. The fourth-order valence-corrected chi connectivity index (χ4v) is 1.52. The molecule has 0 aliphatic heterocycles. The largest absolute Gasteiger partial charge is 0.497 e. The Hall–Kier alpha value is -0.770. The summed E-state index contributed by atoms with van der Waals surface area (Å²) in [6.45, 7) is -0.411. The molecule has 2 nitrogen and oxygen atoms in total. The van der Waals surface area contributed by atoms with Crippen LogP contribution in [0.15, 0.2) is 18.2 Å². The van der Waals surface area contributed by atoms with E-state index in [1.54, 1.807) is 13.2 Å². The Kier molecular flexibility index (Phi) is 4.73. The minimum absolute atomic E-state index is 0.0766. The molecule has 0 radical (unpaired) electrons. The van der Waals surface area contributed by atoms with Gasteiger partial charge in [0.1, 0.15) is 24.8 Å². The average molecular weight is 263 g/mol. The van der Waals surface area contributed by atoms with E-state index in [1.165, 1.54) is 0 Å². The number of halogens is 2. The number of methoxy groups -OCH3 is 1. The van der Waals surface area contributed by atoms with Crippen molar-refractivity contribution in [3.8, 4) is 11.5 Å². The first-order valence-electron chi connectivity index (χ1n) is 4.23. The molecular weight excluding hydrogens is 251 g/mol. The second kappa shape index (κ2) is 5.86. The van der Waals surface area contributed by atoms with Gasteiger partial charge in [-0.3, -0.25) is 0 Å². The maximum atomic E-state index is 11.9. The van der Waals surface area contributed by atoms with Crippen LogP contribution < -0.4 is 9.47 Å². The van der Waals surface area contributed by atoms with E-state index in [2.05, 4.69) is 15.9 Å². The summed E-state index contributed by atoms with van der Waals surface area (Å²) < 4.78 is 22.2. The van der Waals surface area contributed by atoms with Crippen LogP contribution in [0.25, 0.3) is 0 Å². The van der Waals surface area contributed by atoms with Crippen LogP contribution in [-0.2, 0) is 5.33 Å². The number of ether oxygens (including phenoxy) is 2. The molecular formula is C10H12BrFO2. The SMILES string of the molecule is COc1ccc(CBr)c(OCCF)c1. The summed E-state index contributed by atoms with van der Waals surface area (Å²) in [5.74, 6) is 1.38. The maximum Gasteiger partial charge on any atom is 0.127 e. The third-order valence-electron chi connectivity index (χ3n) is 1.75. The lowest BCUT2D eigenvalue weighted by atomic mass is 10.2. The number of benzene rings is 1. The minimum Gasteiger partial charge on any atom is -0.497 e. The first-order valence-corrected chi connectivity index (χ1v) is 5.35. The van der Waals surface area contributed by atoms with Crippen molar-refractivity contribution in [2.45, 2.75) is 5.33 Å². The van der Waals surface area contributed by atoms with E-state index >= 15 is 0 Å². The molecule has 14 heavy (non-hydrogen) atoms. The second-order valence-corrected chi connectivity index (χ2v) is 3.21. The van der Waals surface area contributed by atoms with Crippen LogP contribution >= 0.6 is 15.9 Å². The lowest BCUT2D eigenvalue weighted by Gasteiger charge is -2.10. The van der Waals surface area contributed by atoms with Gasteiger partial charge in [-0.05, 0) is 6.07 Å². The summed E-state index contributed by atoms with van der Waals surface area (Å²) in [5, 5.41) is 0.679. The number of rotatable bonds is 5. The summed E-state index contributed by atoms with van der Waals surface area (Å²) in [6, 6.07) is 5.49. The summed E-state index contributed by atoms with van der Waals surface area (Å²) >= 11 is 3.33. The van der Waals surface area contributed by atoms with E-state index in [1.807, 2.05) is 12.1 Å². The van der Waals surface area contributed by atoms with Crippen LogP contribution in [0.5, 0.6) is 11.5 Å². The topological polar surface area (TPSA) is 18.5 Å². The molecule has 0 bridgehead atoms. The van der Waals surface area contributed by atoms with Crippen LogP contribution in [-0.4, -0.2) is 20.4 Å². The van der Waals surface area contributed by atoms with E-state index in [0.29, 0.717) is 16.8 Å². The average Bonchev–Trinajstić information content (AvgIpc) is 2.25. The van der Waals surface area contributed by atoms with E-state index in [0.717, 1.165) is 5.56 Å². The van der Waals surface area contributed by atoms with Crippen molar-refractivity contribution in [1.29, 1.82) is 0 Å². The normalized spacial score (nSPS) is 9.93. The fourth-order valence-electron chi connectivity index (χ4n) is 1.06. The van der Waals surface area contributed by atoms with Crippen LogP contribution in [0.1, 0.15) is 5.56 Å². The molecule has 0 atom stereocenters. The molecule has 0 saturated heterocycles. The Labute approximate surface area is 91.2 Å². The molecule has 1 rings (SSSR count). The van der Waals surface area contributed by atoms with Gasteiger partial charge in [0.15, 0.2) is 0 Å². The smallest absolute Gasteiger partial charge is 0.127 e. The van der Waals surface area contributed by atoms with E-state index in [4.69, 9.17) is 9.47 Å². The lowest BCUT2D eigenvalue weighted by Crippen LogP contribution is -2.01. The first kappa shape index (κ1) is 11.3. The Morgan fingerprint density at radius 1 is 1.43 bits per heavy atom. The molecule has 0 saturated carbocycles. The zero-order valence-corrected chi connectivity index (χ0v) is 9.51. The Bertz CT molecular complexity index is 291. The molecule has 0 N–H and O–H groups in total. The summed E-state index contributed by atoms with van der Waals surface area (Å²) in [5.41, 5.74) is 0.985. The van der Waals surface area contributed by atoms with Crippen LogP contribution in [0.2, 0.25) is 0 Å². The molecule has 4 heteroatoms. The fraction of sp³-hybridized carbons (Fsp3) is 0.400. The molecule has 0 fully saturated rings. The van der Waals surface area contributed by atoms with Crippen molar-refractivity contribution in [1.82, 2.24) is 0 Å². The minimum atomic E-state index is -0.487. The van der Waals surface area contributed by atoms with Gasteiger partial charge in [0.2, 0.25) is 0 Å². The van der Waals surface area contributed by atoms with Crippen LogP contribution in [0, 0.1) is 0 Å². The predicted octanol–water partition coefficient (Wildman–Crippen LogP) is 2.94. The van der Waals surface area contributed by atoms with Gasteiger partial charge in [0.05, 0.1) is 7.11 Å². The van der Waals surface area contributed by atoms with Gasteiger partial charge in [-0.2, -0.15) is 0 Å². The number of hydrogen-bond donors (Lipinski definition) is 0. The zero-order chi connectivity index (χ0) is 10.4. The highest BCUT2D eigenvalue weighted by atomic mass is 79.9. The highest BCUT2D eigenvalue weighted by molar-refractivity contribution is 9.08. The Morgan fingerprint density at radius 2 is 2.21 bits per heavy atom. The second-order valence-electron chi connectivity index (χ2n) is 2.64. The van der Waals surface area contributed by atoms with Crippen molar-refractivity contribution >= 4 is 15.9 Å². The van der Waals surface area contributed by atoms with Gasteiger partial charge in [0, 0.05) is 17.0 Å². The zero-order valence-electron chi connectivity index (χ0n) is 7.93. The molecule has 1 aromatic carbocycles. The van der Waals surface area contributed by atoms with Crippen LogP contribution in [0.4, 0.5) is 4.39 Å². The molecule has 0 aliphatic carbocycles.